The van der Waals surface area contributed by atoms with E-state index in [0.717, 1.165) is 56.7 Å². The summed E-state index contributed by atoms with van der Waals surface area (Å²) in [6, 6.07) is 35.6. The minimum atomic E-state index is 0. The normalized spacial score (nSPS) is 11.2. The molecule has 0 atom stereocenters. The molecule has 4 heterocycles. The standard InChI is InChI=1S/C25H28N.C17H11N2O.Ir/c1-17-7-10-22(24-13-18(2)19(3)16-26-24)14-23(17)21-11-8-20(9-12-21)15-25(4,5)6;1-11-5-4-7-14(19-11)15-9-17-13(10-18-15)12-6-2-3-8-16(12)20-17;/h7-9,11-14,16H,15H2,1-6H3;2-6,8-10H,1H3;/q2*-1;. The Kier molecular flexibility index (Phi) is 10.2. The number of para-hydroxylation sites is 1. The maximum Gasteiger partial charge on any atom is 0.135 e. The zero-order valence-electron chi connectivity index (χ0n) is 28.0. The largest absolute Gasteiger partial charge is 0.457 e. The first-order chi connectivity index (χ1) is 22.0. The Labute approximate surface area is 291 Å². The van der Waals surface area contributed by atoms with Crippen LogP contribution in [0.2, 0.25) is 0 Å². The van der Waals surface area contributed by atoms with Gasteiger partial charge in [-0.05, 0) is 84.2 Å². The second-order valence-electron chi connectivity index (χ2n) is 13.3. The van der Waals surface area contributed by atoms with Gasteiger partial charge in [-0.15, -0.1) is 35.4 Å². The summed E-state index contributed by atoms with van der Waals surface area (Å²) >= 11 is 0. The number of aryl methyl sites for hydroxylation is 4. The zero-order valence-corrected chi connectivity index (χ0v) is 30.4. The molecule has 0 amide bonds. The van der Waals surface area contributed by atoms with Crippen molar-refractivity contribution >= 4 is 21.9 Å². The molecule has 0 saturated heterocycles. The van der Waals surface area contributed by atoms with Crippen molar-refractivity contribution in [3.63, 3.8) is 0 Å². The van der Waals surface area contributed by atoms with Crippen LogP contribution in [0, 0.1) is 45.2 Å². The monoisotopic (exact) mass is 794 g/mol. The van der Waals surface area contributed by atoms with Gasteiger partial charge in [0.1, 0.15) is 11.2 Å². The van der Waals surface area contributed by atoms with Gasteiger partial charge in [-0.3, -0.25) is 4.98 Å². The van der Waals surface area contributed by atoms with E-state index in [9.17, 15) is 0 Å². The summed E-state index contributed by atoms with van der Waals surface area (Å²) in [7, 11) is 0. The van der Waals surface area contributed by atoms with E-state index in [1.54, 1.807) is 0 Å². The van der Waals surface area contributed by atoms with E-state index < -0.39 is 0 Å². The van der Waals surface area contributed by atoms with Crippen LogP contribution >= 0.6 is 0 Å². The Morgan fingerprint density at radius 3 is 2.17 bits per heavy atom. The fourth-order valence-corrected chi connectivity index (χ4v) is 5.58. The number of rotatable bonds is 4. The van der Waals surface area contributed by atoms with Crippen LogP contribution < -0.4 is 0 Å². The van der Waals surface area contributed by atoms with Gasteiger partial charge in [0.25, 0.3) is 0 Å². The molecule has 4 nitrogen and oxygen atoms in total. The molecular formula is C42H39IrN3O-2. The third-order valence-corrected chi connectivity index (χ3v) is 8.14. The van der Waals surface area contributed by atoms with Crippen molar-refractivity contribution in [2.45, 2.75) is 54.9 Å². The maximum absolute atomic E-state index is 5.86. The third kappa shape index (κ3) is 7.93. The minimum absolute atomic E-state index is 0. The van der Waals surface area contributed by atoms with Gasteiger partial charge in [0.05, 0.1) is 0 Å². The average Bonchev–Trinajstić information content (AvgIpc) is 3.41. The summed E-state index contributed by atoms with van der Waals surface area (Å²) < 4.78 is 5.86. The fourth-order valence-electron chi connectivity index (χ4n) is 5.58. The van der Waals surface area contributed by atoms with E-state index in [1.165, 1.54) is 33.4 Å². The molecule has 0 bridgehead atoms. The number of benzene rings is 3. The molecule has 0 unspecified atom stereocenters. The van der Waals surface area contributed by atoms with Gasteiger partial charge in [-0.25, -0.2) is 0 Å². The molecule has 0 aliphatic carbocycles. The number of nitrogens with zero attached hydrogens (tertiary/aromatic N) is 3. The van der Waals surface area contributed by atoms with Crippen molar-refractivity contribution < 1.29 is 24.5 Å². The van der Waals surface area contributed by atoms with E-state index in [4.69, 9.17) is 4.42 Å². The molecule has 0 aliphatic heterocycles. The molecule has 0 spiro atoms. The molecule has 3 aromatic carbocycles. The molecular weight excluding hydrogens is 755 g/mol. The number of fused-ring (bicyclic) bond motifs is 3. The van der Waals surface area contributed by atoms with Gasteiger partial charge >= 0.3 is 0 Å². The second-order valence-corrected chi connectivity index (χ2v) is 13.3. The van der Waals surface area contributed by atoms with Crippen molar-refractivity contribution in [3.05, 3.63) is 137 Å². The molecule has 4 aromatic heterocycles. The summed E-state index contributed by atoms with van der Waals surface area (Å²) in [4.78, 5) is 13.5. The van der Waals surface area contributed by atoms with E-state index in [0.29, 0.717) is 5.41 Å². The van der Waals surface area contributed by atoms with Crippen LogP contribution in [0.25, 0.3) is 55.7 Å². The number of hydrogen-bond donors (Lipinski definition) is 0. The van der Waals surface area contributed by atoms with E-state index in [-0.39, 0.29) is 20.1 Å². The summed E-state index contributed by atoms with van der Waals surface area (Å²) in [5.74, 6) is 0. The van der Waals surface area contributed by atoms with E-state index in [1.807, 2.05) is 61.8 Å². The molecule has 5 heteroatoms. The second kappa shape index (κ2) is 14.1. The van der Waals surface area contributed by atoms with E-state index in [2.05, 4.69) is 111 Å². The van der Waals surface area contributed by atoms with Crippen LogP contribution in [-0.2, 0) is 26.5 Å². The fraction of sp³-hybridized carbons (Fsp3) is 0.214. The average molecular weight is 794 g/mol. The van der Waals surface area contributed by atoms with Gasteiger partial charge in [0.15, 0.2) is 0 Å². The van der Waals surface area contributed by atoms with Crippen LogP contribution in [0.15, 0.2) is 102 Å². The smallest absolute Gasteiger partial charge is 0.135 e. The summed E-state index contributed by atoms with van der Waals surface area (Å²) in [5, 5.41) is 2.11. The molecule has 7 aromatic rings. The SMILES string of the molecule is Cc1cc[c-]c(-c2cc3oc4ccccc4c3cn2)n1.Cc1cnc(-c2[c-]cc(C)c(-c3ccc(CC(C)(C)C)cc3)c2)cc1C.[Ir]. The Morgan fingerprint density at radius 2 is 1.45 bits per heavy atom. The van der Waals surface area contributed by atoms with Crippen LogP contribution in [-0.4, -0.2) is 15.0 Å². The van der Waals surface area contributed by atoms with Crippen molar-refractivity contribution in [1.29, 1.82) is 0 Å². The Hall–Kier alpha value is -4.44. The summed E-state index contributed by atoms with van der Waals surface area (Å²) in [5.41, 5.74) is 14.1. The number of pyridine rings is 3. The van der Waals surface area contributed by atoms with E-state index >= 15 is 0 Å². The summed E-state index contributed by atoms with van der Waals surface area (Å²) in [6.07, 6.45) is 4.88. The topological polar surface area (TPSA) is 51.8 Å². The van der Waals surface area contributed by atoms with Gasteiger partial charge in [-0.1, -0.05) is 87.4 Å². The van der Waals surface area contributed by atoms with Gasteiger partial charge < -0.3 is 14.4 Å². The van der Waals surface area contributed by atoms with Crippen molar-refractivity contribution in [1.82, 2.24) is 15.0 Å². The first-order valence-corrected chi connectivity index (χ1v) is 15.7. The molecule has 47 heavy (non-hydrogen) atoms. The molecule has 0 saturated carbocycles. The maximum atomic E-state index is 5.86. The van der Waals surface area contributed by atoms with Crippen molar-refractivity contribution in [3.8, 4) is 33.8 Å². The molecule has 0 fully saturated rings. The Bertz CT molecular complexity index is 2160. The Balaban J connectivity index is 0.000000186. The molecule has 0 aliphatic rings. The number of furan rings is 1. The molecule has 0 N–H and O–H groups in total. The third-order valence-electron chi connectivity index (χ3n) is 8.14. The zero-order chi connectivity index (χ0) is 32.4. The van der Waals surface area contributed by atoms with Gasteiger partial charge in [-0.2, -0.15) is 12.1 Å². The van der Waals surface area contributed by atoms with Crippen LogP contribution in [0.3, 0.4) is 0 Å². The van der Waals surface area contributed by atoms with Crippen LogP contribution in [0.5, 0.6) is 0 Å². The Morgan fingerprint density at radius 1 is 0.702 bits per heavy atom. The quantitative estimate of drug-likeness (QED) is 0.167. The first kappa shape index (κ1) is 33.9. The van der Waals surface area contributed by atoms with Crippen molar-refractivity contribution in [2.75, 3.05) is 0 Å². The molecule has 239 valence electrons. The van der Waals surface area contributed by atoms with Crippen LogP contribution in [0.4, 0.5) is 0 Å². The number of hydrogen-bond acceptors (Lipinski definition) is 4. The predicted molar refractivity (Wildman–Crippen MR) is 190 cm³/mol. The predicted octanol–water partition coefficient (Wildman–Crippen LogP) is 10.9. The van der Waals surface area contributed by atoms with Crippen molar-refractivity contribution in [2.24, 2.45) is 5.41 Å². The van der Waals surface area contributed by atoms with Gasteiger partial charge in [0, 0.05) is 43.3 Å². The first-order valence-electron chi connectivity index (χ1n) is 15.7. The van der Waals surface area contributed by atoms with Crippen LogP contribution in [0.1, 0.15) is 48.7 Å². The molecule has 1 radical (unpaired) electrons. The molecule has 7 rings (SSSR count). The summed E-state index contributed by atoms with van der Waals surface area (Å²) in [6.45, 7) is 15.2. The minimum Gasteiger partial charge on any atom is -0.457 e. The van der Waals surface area contributed by atoms with Gasteiger partial charge in [0.2, 0.25) is 0 Å². The number of aromatic nitrogens is 3.